The fourth-order valence-electron chi connectivity index (χ4n) is 3.15. The Labute approximate surface area is 151 Å². The van der Waals surface area contributed by atoms with Gasteiger partial charge in [0, 0.05) is 16.0 Å². The zero-order valence-electron chi connectivity index (χ0n) is 14.3. The molecule has 3 nitrogen and oxygen atoms in total. The monoisotopic (exact) mass is 360 g/mol. The molecule has 1 heterocycles. The van der Waals surface area contributed by atoms with E-state index in [-0.39, 0.29) is 5.30 Å². The predicted octanol–water partition coefficient (Wildman–Crippen LogP) is 3.74. The van der Waals surface area contributed by atoms with Crippen LogP contribution in [0.5, 0.6) is 0 Å². The summed E-state index contributed by atoms with van der Waals surface area (Å²) in [4.78, 5) is 12.8. The first kappa shape index (κ1) is 16.6. The number of rotatable bonds is 3. The molecule has 0 bridgehead atoms. The summed E-state index contributed by atoms with van der Waals surface area (Å²) >= 11 is 0. The van der Waals surface area contributed by atoms with Crippen LogP contribution >= 0.6 is 7.14 Å². The third kappa shape index (κ3) is 2.71. The molecule has 0 aliphatic carbocycles. The lowest BCUT2D eigenvalue weighted by Gasteiger charge is -2.19. The van der Waals surface area contributed by atoms with Gasteiger partial charge in [0.15, 0.2) is 7.14 Å². The van der Waals surface area contributed by atoms with Crippen molar-refractivity contribution in [3.8, 4) is 0 Å². The standard InChI is InChI=1S/C22H17O3P/c1-16-12-13-20-17(14-16)15-21(22(23)25-20)26(24,18-8-4-2-5-9-18)19-10-6-3-7-11-19/h2-15H,1H3. The first-order chi connectivity index (χ1) is 12.6. The molecule has 4 aromatic rings. The molecule has 0 N–H and O–H groups in total. The third-order valence-electron chi connectivity index (χ3n) is 4.45. The van der Waals surface area contributed by atoms with Gasteiger partial charge >= 0.3 is 5.63 Å². The van der Waals surface area contributed by atoms with E-state index >= 15 is 0 Å². The maximum absolute atomic E-state index is 14.3. The lowest BCUT2D eigenvalue weighted by atomic mass is 10.2. The average molecular weight is 360 g/mol. The van der Waals surface area contributed by atoms with Gasteiger partial charge in [0.25, 0.3) is 0 Å². The quantitative estimate of drug-likeness (QED) is 0.413. The number of hydrogen-bond donors (Lipinski definition) is 0. The molecule has 0 aliphatic rings. The molecule has 128 valence electrons. The zero-order chi connectivity index (χ0) is 18.1. The molecule has 0 radical (unpaired) electrons. The third-order valence-corrected chi connectivity index (χ3v) is 7.49. The van der Waals surface area contributed by atoms with E-state index in [0.717, 1.165) is 10.9 Å². The molecule has 26 heavy (non-hydrogen) atoms. The Balaban J connectivity index is 2.08. The molecule has 0 saturated heterocycles. The van der Waals surface area contributed by atoms with E-state index in [2.05, 4.69) is 0 Å². The van der Waals surface area contributed by atoms with E-state index < -0.39 is 12.8 Å². The maximum Gasteiger partial charge on any atom is 0.347 e. The van der Waals surface area contributed by atoms with Crippen LogP contribution in [0.2, 0.25) is 0 Å². The molecule has 0 atom stereocenters. The summed E-state index contributed by atoms with van der Waals surface area (Å²) in [5.41, 5.74) is 0.987. The Morgan fingerprint density at radius 1 is 0.769 bits per heavy atom. The fourth-order valence-corrected chi connectivity index (χ4v) is 5.82. The smallest absolute Gasteiger partial charge is 0.347 e. The van der Waals surface area contributed by atoms with Gasteiger partial charge in [0.05, 0.1) is 0 Å². The summed E-state index contributed by atoms with van der Waals surface area (Å²) in [5, 5.41) is 2.20. The minimum atomic E-state index is -3.34. The zero-order valence-corrected chi connectivity index (χ0v) is 15.1. The highest BCUT2D eigenvalue weighted by atomic mass is 31.2. The van der Waals surface area contributed by atoms with Crippen molar-refractivity contribution in [2.45, 2.75) is 6.92 Å². The molecule has 3 aromatic carbocycles. The first-order valence-corrected chi connectivity index (χ1v) is 10.1. The summed E-state index contributed by atoms with van der Waals surface area (Å²) in [7, 11) is -3.34. The normalized spacial score (nSPS) is 11.6. The van der Waals surface area contributed by atoms with Crippen molar-refractivity contribution >= 4 is 34.0 Å². The first-order valence-electron chi connectivity index (χ1n) is 8.35. The van der Waals surface area contributed by atoms with Gasteiger partial charge < -0.3 is 8.98 Å². The minimum Gasteiger partial charge on any atom is -0.422 e. The molecule has 4 heteroatoms. The molecule has 0 fully saturated rings. The lowest BCUT2D eigenvalue weighted by Crippen LogP contribution is -2.33. The highest BCUT2D eigenvalue weighted by Gasteiger charge is 2.33. The molecule has 0 unspecified atom stereocenters. The molecular weight excluding hydrogens is 343 g/mol. The number of fused-ring (bicyclic) bond motifs is 1. The summed E-state index contributed by atoms with van der Waals surface area (Å²) in [5.74, 6) is 0. The van der Waals surface area contributed by atoms with Gasteiger partial charge in [0.1, 0.15) is 10.9 Å². The molecule has 1 aromatic heterocycles. The number of hydrogen-bond acceptors (Lipinski definition) is 3. The van der Waals surface area contributed by atoms with Crippen molar-refractivity contribution in [1.29, 1.82) is 0 Å². The molecular formula is C22H17O3P. The van der Waals surface area contributed by atoms with Gasteiger partial charge in [-0.15, -0.1) is 0 Å². The van der Waals surface area contributed by atoms with Crippen LogP contribution in [0.1, 0.15) is 5.56 Å². The Hall–Kier alpha value is -2.90. The van der Waals surface area contributed by atoms with E-state index in [4.69, 9.17) is 4.42 Å². The largest absolute Gasteiger partial charge is 0.422 e. The van der Waals surface area contributed by atoms with Crippen LogP contribution in [0.25, 0.3) is 11.0 Å². The molecule has 0 amide bonds. The Morgan fingerprint density at radius 2 is 1.35 bits per heavy atom. The van der Waals surface area contributed by atoms with E-state index in [1.807, 2.05) is 55.5 Å². The second kappa shape index (κ2) is 6.44. The van der Waals surface area contributed by atoms with Crippen molar-refractivity contribution in [1.82, 2.24) is 0 Å². The predicted molar refractivity (Wildman–Crippen MR) is 107 cm³/mol. The van der Waals surface area contributed by atoms with Crippen molar-refractivity contribution < 1.29 is 8.98 Å². The second-order valence-corrected chi connectivity index (χ2v) is 8.97. The van der Waals surface area contributed by atoms with E-state index in [1.165, 1.54) is 0 Å². The topological polar surface area (TPSA) is 47.3 Å². The Bertz CT molecular complexity index is 1130. The van der Waals surface area contributed by atoms with Gasteiger partial charge in [-0.3, -0.25) is 0 Å². The molecule has 0 aliphatic heterocycles. The fraction of sp³-hybridized carbons (Fsp3) is 0.0455. The van der Waals surface area contributed by atoms with Crippen LogP contribution in [-0.4, -0.2) is 0 Å². The summed E-state index contributed by atoms with van der Waals surface area (Å²) in [6.07, 6.45) is 0. The van der Waals surface area contributed by atoms with Crippen LogP contribution in [0, 0.1) is 6.92 Å². The van der Waals surface area contributed by atoms with Crippen LogP contribution in [-0.2, 0) is 4.57 Å². The van der Waals surface area contributed by atoms with Crippen molar-refractivity contribution in [3.05, 3.63) is 101 Å². The SMILES string of the molecule is Cc1ccc2oc(=O)c(P(=O)(c3ccccc3)c3ccccc3)cc2c1. The Morgan fingerprint density at radius 3 is 1.92 bits per heavy atom. The molecule has 4 rings (SSSR count). The summed E-state index contributed by atoms with van der Waals surface area (Å²) < 4.78 is 19.8. The van der Waals surface area contributed by atoms with Crippen LogP contribution in [0.3, 0.4) is 0 Å². The minimum absolute atomic E-state index is 0.202. The average Bonchev–Trinajstić information content (AvgIpc) is 2.68. The van der Waals surface area contributed by atoms with Gasteiger partial charge in [0.2, 0.25) is 0 Å². The van der Waals surface area contributed by atoms with Crippen molar-refractivity contribution in [2.75, 3.05) is 0 Å². The summed E-state index contributed by atoms with van der Waals surface area (Å²) in [6.45, 7) is 1.97. The summed E-state index contributed by atoms with van der Waals surface area (Å²) in [6, 6.07) is 25.6. The van der Waals surface area contributed by atoms with Crippen LogP contribution < -0.4 is 21.5 Å². The number of benzene rings is 3. The molecule has 0 spiro atoms. The molecule has 0 saturated carbocycles. The van der Waals surface area contributed by atoms with Crippen molar-refractivity contribution in [3.63, 3.8) is 0 Å². The van der Waals surface area contributed by atoms with E-state index in [9.17, 15) is 9.36 Å². The van der Waals surface area contributed by atoms with E-state index in [0.29, 0.717) is 16.2 Å². The second-order valence-electron chi connectivity index (χ2n) is 6.24. The van der Waals surface area contributed by atoms with Crippen LogP contribution in [0.4, 0.5) is 0 Å². The maximum atomic E-state index is 14.3. The van der Waals surface area contributed by atoms with Gasteiger partial charge in [-0.1, -0.05) is 72.3 Å². The van der Waals surface area contributed by atoms with Gasteiger partial charge in [-0.2, -0.15) is 0 Å². The van der Waals surface area contributed by atoms with Gasteiger partial charge in [-0.05, 0) is 25.1 Å². The highest BCUT2D eigenvalue weighted by molar-refractivity contribution is 7.85. The van der Waals surface area contributed by atoms with Gasteiger partial charge in [-0.25, -0.2) is 4.79 Å². The highest BCUT2D eigenvalue weighted by Crippen LogP contribution is 2.41. The van der Waals surface area contributed by atoms with E-state index in [1.54, 1.807) is 36.4 Å². The number of aryl methyl sites for hydroxylation is 1. The van der Waals surface area contributed by atoms with Crippen molar-refractivity contribution in [2.24, 2.45) is 0 Å². The lowest BCUT2D eigenvalue weighted by molar-refractivity contribution is 0.562. The Kier molecular flexibility index (Phi) is 4.10. The van der Waals surface area contributed by atoms with Crippen LogP contribution in [0.15, 0.2) is 94.1 Å².